The van der Waals surface area contributed by atoms with Gasteiger partial charge >= 0.3 is 0 Å². The maximum Gasteiger partial charge on any atom is 0.228 e. The predicted molar refractivity (Wildman–Crippen MR) is 89.1 cm³/mol. The quantitative estimate of drug-likeness (QED) is 0.876. The summed E-state index contributed by atoms with van der Waals surface area (Å²) in [5.74, 6) is 0.207. The van der Waals surface area contributed by atoms with Gasteiger partial charge in [-0.3, -0.25) is 9.78 Å². The maximum absolute atomic E-state index is 12.8. The number of ether oxygens (including phenoxy) is 1. The lowest BCUT2D eigenvalue weighted by molar-refractivity contribution is -0.129. The molecule has 5 nitrogen and oxygen atoms in total. The molecule has 7 heteroatoms. The molecule has 2 aromatic rings. The second-order valence-corrected chi connectivity index (χ2v) is 4.88. The number of carbonyl (C=O) groups excluding carboxylic acids is 1. The zero-order valence-electron chi connectivity index (χ0n) is 12.7. The average Bonchev–Trinajstić information content (AvgIpc) is 2.51. The van der Waals surface area contributed by atoms with Crippen LogP contribution in [0, 0.1) is 5.82 Å². The van der Waals surface area contributed by atoms with Gasteiger partial charge in [0.2, 0.25) is 5.91 Å². The molecule has 0 saturated carbocycles. The zero-order chi connectivity index (χ0) is 15.9. The largest absolute Gasteiger partial charge is 0.492 e. The molecule has 0 spiro atoms. The zero-order valence-corrected chi connectivity index (χ0v) is 13.6. The van der Waals surface area contributed by atoms with Gasteiger partial charge in [0.1, 0.15) is 18.2 Å². The minimum Gasteiger partial charge on any atom is -0.492 e. The molecule has 0 bridgehead atoms. The number of hydrogen-bond acceptors (Lipinski definition) is 4. The summed E-state index contributed by atoms with van der Waals surface area (Å²) in [7, 11) is 1.70. The number of anilines is 1. The first kappa shape index (κ1) is 18.7. The van der Waals surface area contributed by atoms with E-state index in [1.54, 1.807) is 36.2 Å². The first-order chi connectivity index (χ1) is 10.5. The first-order valence-electron chi connectivity index (χ1n) is 6.87. The van der Waals surface area contributed by atoms with Gasteiger partial charge in [0.15, 0.2) is 0 Å². The number of carbonyl (C=O) groups is 1. The number of amides is 1. The number of hydrogen-bond donors (Lipinski definition) is 1. The molecule has 0 aliphatic rings. The molecule has 1 aromatic heterocycles. The van der Waals surface area contributed by atoms with Gasteiger partial charge in [-0.2, -0.15) is 0 Å². The van der Waals surface area contributed by atoms with E-state index in [1.807, 2.05) is 0 Å². The fourth-order valence-electron chi connectivity index (χ4n) is 1.79. The van der Waals surface area contributed by atoms with Crippen molar-refractivity contribution in [1.29, 1.82) is 0 Å². The molecule has 0 atom stereocenters. The van der Waals surface area contributed by atoms with Crippen LogP contribution in [0.5, 0.6) is 5.75 Å². The normalized spacial score (nSPS) is 9.83. The van der Waals surface area contributed by atoms with E-state index in [2.05, 4.69) is 4.98 Å². The Morgan fingerprint density at radius 3 is 2.57 bits per heavy atom. The van der Waals surface area contributed by atoms with Gasteiger partial charge in [-0.25, -0.2) is 4.39 Å². The van der Waals surface area contributed by atoms with Crippen molar-refractivity contribution < 1.29 is 13.9 Å². The Labute approximate surface area is 140 Å². The van der Waals surface area contributed by atoms with Gasteiger partial charge in [-0.05, 0) is 36.4 Å². The Balaban J connectivity index is 0.00000264. The topological polar surface area (TPSA) is 68.5 Å². The molecule has 1 aromatic carbocycles. The van der Waals surface area contributed by atoms with Gasteiger partial charge in [0.05, 0.1) is 24.8 Å². The van der Waals surface area contributed by atoms with Crippen LogP contribution in [0.25, 0.3) is 0 Å². The summed E-state index contributed by atoms with van der Waals surface area (Å²) in [5, 5.41) is 0. The van der Waals surface area contributed by atoms with Gasteiger partial charge in [-0.1, -0.05) is 0 Å². The molecule has 2 N–H and O–H groups in total. The maximum atomic E-state index is 12.8. The molecular weight excluding hydrogens is 321 g/mol. The van der Waals surface area contributed by atoms with Crippen LogP contribution in [-0.2, 0) is 11.2 Å². The lowest BCUT2D eigenvalue weighted by atomic mass is 10.2. The lowest BCUT2D eigenvalue weighted by Gasteiger charge is -2.17. The van der Waals surface area contributed by atoms with Crippen LogP contribution in [0.2, 0.25) is 0 Å². The van der Waals surface area contributed by atoms with Crippen LogP contribution in [0.4, 0.5) is 10.1 Å². The highest BCUT2D eigenvalue weighted by molar-refractivity contribution is 5.85. The van der Waals surface area contributed by atoms with Crippen molar-refractivity contribution in [2.75, 3.05) is 25.9 Å². The van der Waals surface area contributed by atoms with Gasteiger partial charge < -0.3 is 15.4 Å². The molecule has 2 rings (SSSR count). The monoisotopic (exact) mass is 339 g/mol. The molecule has 23 heavy (non-hydrogen) atoms. The number of rotatable bonds is 6. The number of pyridine rings is 1. The number of nitrogens with zero attached hydrogens (tertiary/aromatic N) is 2. The van der Waals surface area contributed by atoms with Crippen molar-refractivity contribution in [3.63, 3.8) is 0 Å². The number of benzene rings is 1. The Morgan fingerprint density at radius 2 is 1.96 bits per heavy atom. The standard InChI is InChI=1S/C16H18FN3O2.ClH/c1-20(8-9-22-15-6-2-12(17)3-7-15)16(21)10-14-5-4-13(18)11-19-14;/h2-7,11H,8-10,18H2,1H3;1H. The van der Waals surface area contributed by atoms with Crippen molar-refractivity contribution in [3.8, 4) is 5.75 Å². The van der Waals surface area contributed by atoms with E-state index < -0.39 is 0 Å². The smallest absolute Gasteiger partial charge is 0.228 e. The number of halogens is 2. The molecule has 1 amide bonds. The van der Waals surface area contributed by atoms with Gasteiger partial charge in [0, 0.05) is 12.7 Å². The van der Waals surface area contributed by atoms with E-state index in [9.17, 15) is 9.18 Å². The van der Waals surface area contributed by atoms with E-state index in [0.717, 1.165) is 0 Å². The third kappa shape index (κ3) is 6.12. The number of aromatic nitrogens is 1. The highest BCUT2D eigenvalue weighted by Crippen LogP contribution is 2.11. The third-order valence-corrected chi connectivity index (χ3v) is 3.11. The summed E-state index contributed by atoms with van der Waals surface area (Å²) in [4.78, 5) is 17.7. The third-order valence-electron chi connectivity index (χ3n) is 3.11. The van der Waals surface area contributed by atoms with E-state index in [1.165, 1.54) is 18.3 Å². The first-order valence-corrected chi connectivity index (χ1v) is 6.87. The van der Waals surface area contributed by atoms with Crippen molar-refractivity contribution >= 4 is 24.0 Å². The van der Waals surface area contributed by atoms with Gasteiger partial charge in [0.25, 0.3) is 0 Å². The average molecular weight is 340 g/mol. The summed E-state index contributed by atoms with van der Waals surface area (Å²) in [6, 6.07) is 9.21. The van der Waals surface area contributed by atoms with Crippen molar-refractivity contribution in [1.82, 2.24) is 9.88 Å². The summed E-state index contributed by atoms with van der Waals surface area (Å²) < 4.78 is 18.2. The lowest BCUT2D eigenvalue weighted by Crippen LogP contribution is -2.32. The highest BCUT2D eigenvalue weighted by atomic mass is 35.5. The van der Waals surface area contributed by atoms with Crippen molar-refractivity contribution in [2.24, 2.45) is 0 Å². The summed E-state index contributed by atoms with van der Waals surface area (Å²) in [6.07, 6.45) is 1.74. The van der Waals surface area contributed by atoms with Crippen LogP contribution in [-0.4, -0.2) is 36.0 Å². The molecule has 0 fully saturated rings. The molecule has 124 valence electrons. The Bertz CT molecular complexity index is 620. The summed E-state index contributed by atoms with van der Waals surface area (Å²) in [6.45, 7) is 0.772. The summed E-state index contributed by atoms with van der Waals surface area (Å²) in [5.41, 5.74) is 6.79. The predicted octanol–water partition coefficient (Wildman–Crippen LogP) is 2.30. The van der Waals surface area contributed by atoms with Crippen LogP contribution >= 0.6 is 12.4 Å². The molecule has 0 unspecified atom stereocenters. The van der Waals surface area contributed by atoms with E-state index in [-0.39, 0.29) is 30.6 Å². The Hall–Kier alpha value is -2.34. The number of nitrogen functional groups attached to an aromatic ring is 1. The second kappa shape index (κ2) is 8.95. The fraction of sp³-hybridized carbons (Fsp3) is 0.250. The molecule has 0 saturated heterocycles. The highest BCUT2D eigenvalue weighted by Gasteiger charge is 2.10. The minimum absolute atomic E-state index is 0. The van der Waals surface area contributed by atoms with E-state index in [4.69, 9.17) is 10.5 Å². The Morgan fingerprint density at radius 1 is 1.26 bits per heavy atom. The van der Waals surface area contributed by atoms with E-state index >= 15 is 0 Å². The van der Waals surface area contributed by atoms with Crippen molar-refractivity contribution in [2.45, 2.75) is 6.42 Å². The summed E-state index contributed by atoms with van der Waals surface area (Å²) >= 11 is 0. The molecule has 0 aliphatic heterocycles. The SMILES string of the molecule is CN(CCOc1ccc(F)cc1)C(=O)Cc1ccc(N)cn1.Cl. The molecule has 0 aliphatic carbocycles. The van der Waals surface area contributed by atoms with E-state index in [0.29, 0.717) is 30.3 Å². The van der Waals surface area contributed by atoms with Crippen LogP contribution in [0.15, 0.2) is 42.6 Å². The van der Waals surface area contributed by atoms with Crippen molar-refractivity contribution in [3.05, 3.63) is 54.1 Å². The fourth-order valence-corrected chi connectivity index (χ4v) is 1.79. The minimum atomic E-state index is -0.310. The van der Waals surface area contributed by atoms with Gasteiger partial charge in [-0.15, -0.1) is 12.4 Å². The number of nitrogens with two attached hydrogens (primary N) is 1. The Kier molecular flexibility index (Phi) is 7.28. The molecule has 1 heterocycles. The molecular formula is C16H19ClFN3O2. The van der Waals surface area contributed by atoms with Crippen LogP contribution < -0.4 is 10.5 Å². The van der Waals surface area contributed by atoms with Crippen LogP contribution in [0.3, 0.4) is 0 Å². The van der Waals surface area contributed by atoms with Crippen LogP contribution in [0.1, 0.15) is 5.69 Å². The molecule has 0 radical (unpaired) electrons. The second-order valence-electron chi connectivity index (χ2n) is 4.88. The number of likely N-dealkylation sites (N-methyl/N-ethyl adjacent to an activating group) is 1.